The molecule has 3 fully saturated rings. The summed E-state index contributed by atoms with van der Waals surface area (Å²) in [6, 6.07) is 0.240. The number of aliphatic carboxylic acids is 1. The Kier molecular flexibility index (Phi) is 4.09. The molecule has 118 valence electrons. The Morgan fingerprint density at radius 2 is 2.10 bits per heavy atom. The Labute approximate surface area is 126 Å². The molecule has 0 aromatic rings. The van der Waals surface area contributed by atoms with Crippen LogP contribution in [0.5, 0.6) is 0 Å². The van der Waals surface area contributed by atoms with E-state index in [9.17, 15) is 9.59 Å². The molecule has 2 aliphatic carbocycles. The van der Waals surface area contributed by atoms with Gasteiger partial charge in [-0.05, 0) is 56.3 Å². The standard InChI is InChI=1S/C16H26N2O3/c1-10(14-7-11-2-3-13(14)6-11)17-16(21)18-5-4-12(9-18)8-15(19)20/h10-14H,2-9H2,1H3,(H,17,21)(H,19,20). The van der Waals surface area contributed by atoms with E-state index in [1.165, 1.54) is 25.7 Å². The number of hydrogen-bond donors (Lipinski definition) is 2. The molecule has 2 saturated carbocycles. The Hall–Kier alpha value is -1.26. The molecule has 5 heteroatoms. The molecule has 5 nitrogen and oxygen atoms in total. The molecule has 21 heavy (non-hydrogen) atoms. The van der Waals surface area contributed by atoms with Crippen molar-refractivity contribution < 1.29 is 14.7 Å². The van der Waals surface area contributed by atoms with Gasteiger partial charge in [0.1, 0.15) is 0 Å². The number of hydrogen-bond acceptors (Lipinski definition) is 2. The lowest BCUT2D eigenvalue weighted by molar-refractivity contribution is -0.138. The van der Waals surface area contributed by atoms with Gasteiger partial charge >= 0.3 is 12.0 Å². The number of carbonyl (C=O) groups is 2. The summed E-state index contributed by atoms with van der Waals surface area (Å²) in [5.74, 6) is 1.70. The average Bonchev–Trinajstić information content (AvgIpc) is 3.12. The van der Waals surface area contributed by atoms with Crippen LogP contribution in [0.15, 0.2) is 0 Å². The van der Waals surface area contributed by atoms with E-state index in [-0.39, 0.29) is 24.4 Å². The summed E-state index contributed by atoms with van der Waals surface area (Å²) in [6.07, 6.45) is 6.32. The third-order valence-electron chi connectivity index (χ3n) is 5.82. The second kappa shape index (κ2) is 5.85. The van der Waals surface area contributed by atoms with Gasteiger partial charge in [-0.25, -0.2) is 4.79 Å². The molecule has 0 aromatic heterocycles. The number of carboxylic acid groups (broad SMARTS) is 1. The van der Waals surface area contributed by atoms with Crippen LogP contribution >= 0.6 is 0 Å². The van der Waals surface area contributed by atoms with Crippen LogP contribution in [-0.4, -0.2) is 41.1 Å². The van der Waals surface area contributed by atoms with E-state index in [0.29, 0.717) is 19.0 Å². The predicted molar refractivity (Wildman–Crippen MR) is 78.9 cm³/mol. The summed E-state index contributed by atoms with van der Waals surface area (Å²) < 4.78 is 0. The fourth-order valence-electron chi connectivity index (χ4n) is 4.73. The number of urea groups is 1. The Morgan fingerprint density at radius 1 is 1.29 bits per heavy atom. The van der Waals surface area contributed by atoms with Crippen LogP contribution in [-0.2, 0) is 4.79 Å². The predicted octanol–water partition coefficient (Wildman–Crippen LogP) is 2.32. The first-order valence-corrected chi connectivity index (χ1v) is 8.30. The topological polar surface area (TPSA) is 69.6 Å². The highest BCUT2D eigenvalue weighted by molar-refractivity contribution is 5.75. The highest BCUT2D eigenvalue weighted by Gasteiger charge is 2.42. The molecule has 0 spiro atoms. The number of fused-ring (bicyclic) bond motifs is 2. The lowest BCUT2D eigenvalue weighted by atomic mass is 9.84. The molecule has 1 aliphatic heterocycles. The van der Waals surface area contributed by atoms with Gasteiger partial charge in [-0.2, -0.15) is 0 Å². The largest absolute Gasteiger partial charge is 0.481 e. The normalized spacial score (nSPS) is 36.0. The van der Waals surface area contributed by atoms with E-state index in [1.54, 1.807) is 4.90 Å². The summed E-state index contributed by atoms with van der Waals surface area (Å²) in [4.78, 5) is 24.8. The van der Waals surface area contributed by atoms with Gasteiger partial charge in [0, 0.05) is 25.6 Å². The monoisotopic (exact) mass is 294 g/mol. The average molecular weight is 294 g/mol. The zero-order chi connectivity index (χ0) is 15.0. The third-order valence-corrected chi connectivity index (χ3v) is 5.82. The van der Waals surface area contributed by atoms with Crippen LogP contribution in [0.4, 0.5) is 4.79 Å². The van der Waals surface area contributed by atoms with Crippen LogP contribution in [0.3, 0.4) is 0 Å². The minimum atomic E-state index is -0.766. The molecule has 2 N–H and O–H groups in total. The van der Waals surface area contributed by atoms with Crippen LogP contribution in [0.1, 0.15) is 45.4 Å². The van der Waals surface area contributed by atoms with Crippen molar-refractivity contribution in [2.75, 3.05) is 13.1 Å². The highest BCUT2D eigenvalue weighted by Crippen LogP contribution is 2.49. The zero-order valence-electron chi connectivity index (χ0n) is 12.8. The van der Waals surface area contributed by atoms with E-state index >= 15 is 0 Å². The maximum atomic E-state index is 12.3. The maximum absolute atomic E-state index is 12.3. The van der Waals surface area contributed by atoms with Gasteiger partial charge < -0.3 is 15.3 Å². The van der Waals surface area contributed by atoms with E-state index in [2.05, 4.69) is 12.2 Å². The molecule has 2 amide bonds. The van der Waals surface area contributed by atoms with Crippen molar-refractivity contribution in [2.45, 2.75) is 51.5 Å². The van der Waals surface area contributed by atoms with Gasteiger partial charge in [-0.1, -0.05) is 6.42 Å². The zero-order valence-corrected chi connectivity index (χ0v) is 12.8. The van der Waals surface area contributed by atoms with Crippen molar-refractivity contribution in [1.82, 2.24) is 10.2 Å². The molecule has 5 atom stereocenters. The fraction of sp³-hybridized carbons (Fsp3) is 0.875. The van der Waals surface area contributed by atoms with Crippen LogP contribution < -0.4 is 5.32 Å². The van der Waals surface area contributed by atoms with Gasteiger partial charge in [0.25, 0.3) is 0 Å². The summed E-state index contributed by atoms with van der Waals surface area (Å²) in [5, 5.41) is 12.0. The summed E-state index contributed by atoms with van der Waals surface area (Å²) in [7, 11) is 0. The van der Waals surface area contributed by atoms with Crippen LogP contribution in [0, 0.1) is 23.7 Å². The molecule has 0 radical (unpaired) electrons. The lowest BCUT2D eigenvalue weighted by Crippen LogP contribution is -2.46. The SMILES string of the molecule is CC(NC(=O)N1CCC(CC(=O)O)C1)C1CC2CCC1C2. The van der Waals surface area contributed by atoms with E-state index in [0.717, 1.165) is 18.3 Å². The number of nitrogens with one attached hydrogen (secondary N) is 1. The molecule has 5 unspecified atom stereocenters. The van der Waals surface area contributed by atoms with Crippen molar-refractivity contribution >= 4 is 12.0 Å². The first kappa shape index (κ1) is 14.7. The number of nitrogens with zero attached hydrogens (tertiary/aromatic N) is 1. The van der Waals surface area contributed by atoms with Crippen LogP contribution in [0.2, 0.25) is 0 Å². The van der Waals surface area contributed by atoms with Crippen molar-refractivity contribution in [3.8, 4) is 0 Å². The van der Waals surface area contributed by atoms with Gasteiger partial charge in [0.15, 0.2) is 0 Å². The van der Waals surface area contributed by atoms with Gasteiger partial charge in [0.05, 0.1) is 0 Å². The molecule has 1 saturated heterocycles. The van der Waals surface area contributed by atoms with Crippen molar-refractivity contribution in [3.05, 3.63) is 0 Å². The summed E-state index contributed by atoms with van der Waals surface area (Å²) in [6.45, 7) is 3.41. The van der Waals surface area contributed by atoms with E-state index in [4.69, 9.17) is 5.11 Å². The van der Waals surface area contributed by atoms with Gasteiger partial charge in [-0.15, -0.1) is 0 Å². The highest BCUT2D eigenvalue weighted by atomic mass is 16.4. The Morgan fingerprint density at radius 3 is 2.71 bits per heavy atom. The second-order valence-electron chi connectivity index (χ2n) is 7.28. The molecule has 3 aliphatic rings. The molecule has 1 heterocycles. The maximum Gasteiger partial charge on any atom is 0.317 e. The van der Waals surface area contributed by atoms with Crippen molar-refractivity contribution in [1.29, 1.82) is 0 Å². The number of carboxylic acids is 1. The molecule has 2 bridgehead atoms. The quantitative estimate of drug-likeness (QED) is 0.836. The van der Waals surface area contributed by atoms with Crippen molar-refractivity contribution in [2.24, 2.45) is 23.7 Å². The Balaban J connectivity index is 1.47. The smallest absolute Gasteiger partial charge is 0.317 e. The minimum Gasteiger partial charge on any atom is -0.481 e. The fourth-order valence-corrected chi connectivity index (χ4v) is 4.73. The van der Waals surface area contributed by atoms with Gasteiger partial charge in [0.2, 0.25) is 0 Å². The van der Waals surface area contributed by atoms with E-state index < -0.39 is 5.97 Å². The minimum absolute atomic E-state index is 0.00170. The van der Waals surface area contributed by atoms with Crippen molar-refractivity contribution in [3.63, 3.8) is 0 Å². The third kappa shape index (κ3) is 3.16. The number of amides is 2. The molecular formula is C16H26N2O3. The molecule has 0 aromatic carbocycles. The summed E-state index contributed by atoms with van der Waals surface area (Å²) in [5.41, 5.74) is 0. The number of rotatable bonds is 4. The second-order valence-corrected chi connectivity index (χ2v) is 7.28. The van der Waals surface area contributed by atoms with Gasteiger partial charge in [-0.3, -0.25) is 4.79 Å². The number of likely N-dealkylation sites (tertiary alicyclic amines) is 1. The number of carbonyl (C=O) groups excluding carboxylic acids is 1. The van der Waals surface area contributed by atoms with Crippen LogP contribution in [0.25, 0.3) is 0 Å². The van der Waals surface area contributed by atoms with E-state index in [1.807, 2.05) is 0 Å². The molecular weight excluding hydrogens is 268 g/mol. The first-order valence-electron chi connectivity index (χ1n) is 8.30. The summed E-state index contributed by atoms with van der Waals surface area (Å²) >= 11 is 0. The lowest BCUT2D eigenvalue weighted by Gasteiger charge is -2.30. The first-order chi connectivity index (χ1) is 10.0. The Bertz CT molecular complexity index is 426. The molecule has 3 rings (SSSR count).